The van der Waals surface area contributed by atoms with E-state index in [1.165, 1.54) is 0 Å². The molecule has 6 heteroatoms. The molecule has 1 fully saturated rings. The third-order valence-corrected chi connectivity index (χ3v) is 4.52. The van der Waals surface area contributed by atoms with Gasteiger partial charge in [-0.05, 0) is 36.8 Å². The van der Waals surface area contributed by atoms with Crippen LogP contribution in [0.4, 0.5) is 0 Å². The first kappa shape index (κ1) is 19.0. The molecule has 2 rings (SSSR count). The van der Waals surface area contributed by atoms with Crippen LogP contribution in [-0.2, 0) is 4.79 Å². The number of carbonyl (C=O) groups is 2. The van der Waals surface area contributed by atoms with Crippen molar-refractivity contribution in [3.05, 3.63) is 41.8 Å². The fraction of sp³-hybridized carbons (Fsp3) is 0.474. The molecule has 0 saturated carbocycles. The maximum atomic E-state index is 12.6. The van der Waals surface area contributed by atoms with E-state index in [-0.39, 0.29) is 35.7 Å². The number of nitrogens with zero attached hydrogens (tertiary/aromatic N) is 1. The molecule has 1 heterocycles. The van der Waals surface area contributed by atoms with Crippen LogP contribution in [-0.4, -0.2) is 41.7 Å². The summed E-state index contributed by atoms with van der Waals surface area (Å²) in [6.45, 7) is 7.08. The number of benzene rings is 1. The monoisotopic (exact) mass is 343 g/mol. The van der Waals surface area contributed by atoms with Crippen molar-refractivity contribution in [3.63, 3.8) is 0 Å². The van der Waals surface area contributed by atoms with Gasteiger partial charge in [-0.25, -0.2) is 0 Å². The molecule has 4 N–H and O–H groups in total. The van der Waals surface area contributed by atoms with Crippen LogP contribution < -0.4 is 11.1 Å². The van der Waals surface area contributed by atoms with Crippen molar-refractivity contribution in [3.8, 4) is 0 Å². The Bertz CT molecular complexity index is 646. The Labute approximate surface area is 149 Å². The molecule has 2 amide bonds. The van der Waals surface area contributed by atoms with Gasteiger partial charge >= 0.3 is 0 Å². The number of nitrogen functional groups attached to an aromatic ring is 1. The molecule has 1 aliphatic rings. The Hall–Kier alpha value is -2.37. The van der Waals surface area contributed by atoms with Gasteiger partial charge in [0, 0.05) is 23.7 Å². The predicted molar refractivity (Wildman–Crippen MR) is 98.3 cm³/mol. The smallest absolute Gasteiger partial charge is 0.251 e. The number of amides is 2. The van der Waals surface area contributed by atoms with E-state index in [4.69, 9.17) is 11.1 Å². The van der Waals surface area contributed by atoms with Crippen molar-refractivity contribution in [1.29, 1.82) is 5.41 Å². The maximum absolute atomic E-state index is 12.6. The van der Waals surface area contributed by atoms with Crippen LogP contribution in [0.2, 0.25) is 0 Å². The highest BCUT2D eigenvalue weighted by Crippen LogP contribution is 2.31. The molecule has 135 valence electrons. The maximum Gasteiger partial charge on any atom is 0.251 e. The molecule has 1 radical (unpaired) electrons. The Morgan fingerprint density at radius 2 is 1.84 bits per heavy atom. The molecular formula is C19H27N4O2. The molecule has 6 nitrogen and oxygen atoms in total. The summed E-state index contributed by atoms with van der Waals surface area (Å²) in [6, 6.07) is 6.60. The minimum atomic E-state index is -0.306. The first-order valence-electron chi connectivity index (χ1n) is 8.54. The minimum absolute atomic E-state index is 0.000883. The number of amidine groups is 1. The predicted octanol–water partition coefficient (Wildman–Crippen LogP) is 1.94. The summed E-state index contributed by atoms with van der Waals surface area (Å²) < 4.78 is 0. The van der Waals surface area contributed by atoms with E-state index in [9.17, 15) is 9.59 Å². The lowest BCUT2D eigenvalue weighted by molar-refractivity contribution is -0.135. The van der Waals surface area contributed by atoms with Crippen LogP contribution in [0, 0.1) is 17.2 Å². The van der Waals surface area contributed by atoms with E-state index < -0.39 is 0 Å². The molecule has 0 aromatic heterocycles. The zero-order valence-corrected chi connectivity index (χ0v) is 15.1. The highest BCUT2D eigenvalue weighted by atomic mass is 16.2. The average Bonchev–Trinajstić information content (AvgIpc) is 2.58. The van der Waals surface area contributed by atoms with Crippen LogP contribution in [0.3, 0.4) is 0 Å². The first-order chi connectivity index (χ1) is 11.7. The van der Waals surface area contributed by atoms with Gasteiger partial charge in [-0.15, -0.1) is 0 Å². The van der Waals surface area contributed by atoms with E-state index in [1.807, 2.05) is 4.90 Å². The van der Waals surface area contributed by atoms with Crippen LogP contribution >= 0.6 is 0 Å². The number of nitrogens with one attached hydrogen (secondary N) is 2. The number of piperidine rings is 1. The van der Waals surface area contributed by atoms with E-state index in [0.29, 0.717) is 17.7 Å². The SMILES string of the molecule is CC(C)(C)C1C[CH]CCN1C(=O)CNC(=O)c1ccc(C(=N)N)cc1. The average molecular weight is 343 g/mol. The summed E-state index contributed by atoms with van der Waals surface area (Å²) in [4.78, 5) is 26.7. The van der Waals surface area contributed by atoms with Crippen LogP contribution in [0.25, 0.3) is 0 Å². The van der Waals surface area contributed by atoms with Gasteiger partial charge in [0.15, 0.2) is 0 Å². The molecule has 1 aliphatic heterocycles. The van der Waals surface area contributed by atoms with Crippen molar-refractivity contribution >= 4 is 17.6 Å². The lowest BCUT2D eigenvalue weighted by Gasteiger charge is -2.43. The molecule has 0 bridgehead atoms. The van der Waals surface area contributed by atoms with Crippen LogP contribution in [0.1, 0.15) is 49.5 Å². The third-order valence-electron chi connectivity index (χ3n) is 4.52. The van der Waals surface area contributed by atoms with Gasteiger partial charge in [0.1, 0.15) is 5.84 Å². The second-order valence-electron chi connectivity index (χ2n) is 7.46. The van der Waals surface area contributed by atoms with Gasteiger partial charge < -0.3 is 16.0 Å². The standard InChI is InChI=1S/C19H27N4O2/c1-19(2,3)15-6-4-5-11-23(15)16(24)12-22-18(25)14-9-7-13(8-10-14)17(20)21/h4,7-10,15H,5-6,11-12H2,1-3H3,(H3,20,21)(H,22,25). The summed E-state index contributed by atoms with van der Waals surface area (Å²) in [6.07, 6.45) is 4.00. The Morgan fingerprint density at radius 1 is 1.24 bits per heavy atom. The molecular weight excluding hydrogens is 316 g/mol. The molecule has 1 atom stereocenters. The van der Waals surface area contributed by atoms with E-state index in [2.05, 4.69) is 32.5 Å². The summed E-state index contributed by atoms with van der Waals surface area (Å²) in [7, 11) is 0. The molecule has 0 aliphatic carbocycles. The number of hydrogen-bond acceptors (Lipinski definition) is 3. The van der Waals surface area contributed by atoms with Gasteiger partial charge in [-0.2, -0.15) is 0 Å². The van der Waals surface area contributed by atoms with E-state index in [1.54, 1.807) is 24.3 Å². The number of rotatable bonds is 4. The summed E-state index contributed by atoms with van der Waals surface area (Å²) in [5.41, 5.74) is 6.40. The van der Waals surface area contributed by atoms with Crippen molar-refractivity contribution < 1.29 is 9.59 Å². The van der Waals surface area contributed by atoms with Crippen molar-refractivity contribution in [2.45, 2.75) is 39.7 Å². The molecule has 0 spiro atoms. The highest BCUT2D eigenvalue weighted by Gasteiger charge is 2.35. The Kier molecular flexibility index (Phi) is 5.82. The van der Waals surface area contributed by atoms with E-state index >= 15 is 0 Å². The molecule has 1 aromatic rings. The number of likely N-dealkylation sites (tertiary alicyclic amines) is 1. The Morgan fingerprint density at radius 3 is 2.40 bits per heavy atom. The van der Waals surface area contributed by atoms with Gasteiger partial charge in [0.05, 0.1) is 6.54 Å². The van der Waals surface area contributed by atoms with Gasteiger partial charge in [-0.3, -0.25) is 15.0 Å². The minimum Gasteiger partial charge on any atom is -0.384 e. The quantitative estimate of drug-likeness (QED) is 0.575. The normalized spacial score (nSPS) is 17.9. The van der Waals surface area contributed by atoms with Crippen molar-refractivity contribution in [1.82, 2.24) is 10.2 Å². The molecule has 1 unspecified atom stereocenters. The van der Waals surface area contributed by atoms with Crippen LogP contribution in [0.5, 0.6) is 0 Å². The second kappa shape index (κ2) is 7.68. The fourth-order valence-corrected chi connectivity index (χ4v) is 3.07. The van der Waals surface area contributed by atoms with Gasteiger partial charge in [0.25, 0.3) is 5.91 Å². The number of carbonyl (C=O) groups excluding carboxylic acids is 2. The summed E-state index contributed by atoms with van der Waals surface area (Å²) in [5, 5.41) is 10.0. The number of hydrogen-bond donors (Lipinski definition) is 3. The van der Waals surface area contributed by atoms with Crippen molar-refractivity contribution in [2.24, 2.45) is 11.1 Å². The summed E-state index contributed by atoms with van der Waals surface area (Å²) >= 11 is 0. The Balaban J connectivity index is 1.96. The zero-order valence-electron chi connectivity index (χ0n) is 15.1. The largest absolute Gasteiger partial charge is 0.384 e. The van der Waals surface area contributed by atoms with Crippen LogP contribution in [0.15, 0.2) is 24.3 Å². The van der Waals surface area contributed by atoms with Crippen molar-refractivity contribution in [2.75, 3.05) is 13.1 Å². The topological polar surface area (TPSA) is 99.3 Å². The zero-order chi connectivity index (χ0) is 18.6. The van der Waals surface area contributed by atoms with E-state index in [0.717, 1.165) is 12.8 Å². The molecule has 1 saturated heterocycles. The van der Waals surface area contributed by atoms with Gasteiger partial charge in [0.2, 0.25) is 5.91 Å². The lowest BCUT2D eigenvalue weighted by atomic mass is 9.80. The summed E-state index contributed by atoms with van der Waals surface area (Å²) in [5.74, 6) is -0.404. The molecule has 25 heavy (non-hydrogen) atoms. The number of nitrogens with two attached hydrogens (primary N) is 1. The fourth-order valence-electron chi connectivity index (χ4n) is 3.07. The van der Waals surface area contributed by atoms with Gasteiger partial charge in [-0.1, -0.05) is 32.9 Å². The third kappa shape index (κ3) is 4.81. The lowest BCUT2D eigenvalue weighted by Crippen LogP contribution is -2.52. The second-order valence-corrected chi connectivity index (χ2v) is 7.46. The first-order valence-corrected chi connectivity index (χ1v) is 8.54. The highest BCUT2D eigenvalue weighted by molar-refractivity contribution is 5.99. The molecule has 1 aromatic carbocycles.